The number of aryl methyl sites for hydroxylation is 1. The van der Waals surface area contributed by atoms with Crippen molar-refractivity contribution in [3.8, 4) is 0 Å². The van der Waals surface area contributed by atoms with Crippen LogP contribution in [0.15, 0.2) is 24.3 Å². The van der Waals surface area contributed by atoms with Crippen LogP contribution in [0.3, 0.4) is 0 Å². The molecular weight excluding hydrogens is 232 g/mol. The number of hydrogen-bond donors (Lipinski definition) is 2. The van der Waals surface area contributed by atoms with Gasteiger partial charge in [0, 0.05) is 23.9 Å². The standard InChI is InChI=1S/C13H20N2OS/c1-10(17-2)9-15-13(16)8-5-11-3-6-12(14)7-4-11/h3-4,6-7,10H,5,8-9,14H2,1-2H3,(H,15,16). The summed E-state index contributed by atoms with van der Waals surface area (Å²) in [5, 5.41) is 3.40. The number of nitrogens with one attached hydrogen (secondary N) is 1. The van der Waals surface area contributed by atoms with Crippen LogP contribution in [0, 0.1) is 0 Å². The van der Waals surface area contributed by atoms with Gasteiger partial charge < -0.3 is 11.1 Å². The van der Waals surface area contributed by atoms with Gasteiger partial charge in [-0.1, -0.05) is 19.1 Å². The highest BCUT2D eigenvalue weighted by atomic mass is 32.2. The summed E-state index contributed by atoms with van der Waals surface area (Å²) >= 11 is 1.75. The molecule has 0 aliphatic carbocycles. The molecule has 1 aromatic rings. The molecule has 1 amide bonds. The molecular formula is C13H20N2OS. The van der Waals surface area contributed by atoms with Crippen LogP contribution in [-0.4, -0.2) is 24.0 Å². The third-order valence-electron chi connectivity index (χ3n) is 2.61. The Labute approximate surface area is 107 Å². The van der Waals surface area contributed by atoms with E-state index in [9.17, 15) is 4.79 Å². The normalized spacial score (nSPS) is 12.1. The molecule has 1 rings (SSSR count). The summed E-state index contributed by atoms with van der Waals surface area (Å²) in [5.41, 5.74) is 7.50. The molecule has 0 aliphatic heterocycles. The SMILES string of the molecule is CSC(C)CNC(=O)CCc1ccc(N)cc1. The first-order chi connectivity index (χ1) is 8.11. The molecule has 3 N–H and O–H groups in total. The molecule has 3 nitrogen and oxygen atoms in total. The quantitative estimate of drug-likeness (QED) is 0.762. The van der Waals surface area contributed by atoms with Gasteiger partial charge in [-0.2, -0.15) is 11.8 Å². The highest BCUT2D eigenvalue weighted by Crippen LogP contribution is 2.08. The van der Waals surface area contributed by atoms with Crippen LogP contribution in [0.5, 0.6) is 0 Å². The molecule has 0 saturated carbocycles. The van der Waals surface area contributed by atoms with Gasteiger partial charge in [0.05, 0.1) is 0 Å². The Morgan fingerprint density at radius 1 is 1.41 bits per heavy atom. The summed E-state index contributed by atoms with van der Waals surface area (Å²) in [5.74, 6) is 0.114. The van der Waals surface area contributed by atoms with Gasteiger partial charge in [0.2, 0.25) is 5.91 Å². The van der Waals surface area contributed by atoms with Gasteiger partial charge in [-0.3, -0.25) is 4.79 Å². The number of thioether (sulfide) groups is 1. The van der Waals surface area contributed by atoms with E-state index < -0.39 is 0 Å². The largest absolute Gasteiger partial charge is 0.399 e. The Bertz CT molecular complexity index is 351. The van der Waals surface area contributed by atoms with Crippen molar-refractivity contribution < 1.29 is 4.79 Å². The van der Waals surface area contributed by atoms with Crippen LogP contribution in [0.4, 0.5) is 5.69 Å². The average Bonchev–Trinajstić information content (AvgIpc) is 2.35. The molecule has 0 fully saturated rings. The lowest BCUT2D eigenvalue weighted by molar-refractivity contribution is -0.121. The molecule has 1 unspecified atom stereocenters. The summed E-state index contributed by atoms with van der Waals surface area (Å²) < 4.78 is 0. The van der Waals surface area contributed by atoms with E-state index in [2.05, 4.69) is 12.2 Å². The van der Waals surface area contributed by atoms with Crippen molar-refractivity contribution in [1.29, 1.82) is 0 Å². The highest BCUT2D eigenvalue weighted by molar-refractivity contribution is 7.99. The maximum atomic E-state index is 11.6. The van der Waals surface area contributed by atoms with Crippen molar-refractivity contribution in [1.82, 2.24) is 5.32 Å². The molecule has 0 spiro atoms. The molecule has 0 heterocycles. The summed E-state index contributed by atoms with van der Waals surface area (Å²) in [6, 6.07) is 7.66. The fraction of sp³-hybridized carbons (Fsp3) is 0.462. The van der Waals surface area contributed by atoms with E-state index in [0.717, 1.165) is 24.2 Å². The molecule has 0 aromatic heterocycles. The summed E-state index contributed by atoms with van der Waals surface area (Å²) in [6.45, 7) is 2.84. The van der Waals surface area contributed by atoms with E-state index in [1.807, 2.05) is 30.5 Å². The average molecular weight is 252 g/mol. The van der Waals surface area contributed by atoms with Crippen LogP contribution in [0.1, 0.15) is 18.9 Å². The Hall–Kier alpha value is -1.16. The van der Waals surface area contributed by atoms with Crippen molar-refractivity contribution in [2.24, 2.45) is 0 Å². The predicted octanol–water partition coefficient (Wildman–Crippen LogP) is 2.07. The molecule has 0 bridgehead atoms. The van der Waals surface area contributed by atoms with Gasteiger partial charge in [0.1, 0.15) is 0 Å². The first kappa shape index (κ1) is 13.9. The zero-order valence-electron chi connectivity index (χ0n) is 10.4. The zero-order chi connectivity index (χ0) is 12.7. The van der Waals surface area contributed by atoms with Gasteiger partial charge in [-0.25, -0.2) is 0 Å². The molecule has 0 aliphatic rings. The molecule has 0 saturated heterocycles. The molecule has 1 aromatic carbocycles. The lowest BCUT2D eigenvalue weighted by atomic mass is 10.1. The number of benzene rings is 1. The number of nitrogens with two attached hydrogens (primary N) is 1. The van der Waals surface area contributed by atoms with E-state index in [-0.39, 0.29) is 5.91 Å². The zero-order valence-corrected chi connectivity index (χ0v) is 11.2. The van der Waals surface area contributed by atoms with E-state index in [1.165, 1.54) is 0 Å². The topological polar surface area (TPSA) is 55.1 Å². The van der Waals surface area contributed by atoms with Crippen molar-refractivity contribution in [3.63, 3.8) is 0 Å². The monoisotopic (exact) mass is 252 g/mol. The van der Waals surface area contributed by atoms with Gasteiger partial charge in [-0.15, -0.1) is 0 Å². The number of anilines is 1. The number of carbonyl (C=O) groups excluding carboxylic acids is 1. The number of carbonyl (C=O) groups is 1. The second kappa shape index (κ2) is 7.22. The Balaban J connectivity index is 2.26. The number of rotatable bonds is 6. The smallest absolute Gasteiger partial charge is 0.220 e. The van der Waals surface area contributed by atoms with Gasteiger partial charge in [0.15, 0.2) is 0 Å². The highest BCUT2D eigenvalue weighted by Gasteiger charge is 2.04. The van der Waals surface area contributed by atoms with Crippen LogP contribution >= 0.6 is 11.8 Å². The van der Waals surface area contributed by atoms with E-state index in [1.54, 1.807) is 11.8 Å². The lowest BCUT2D eigenvalue weighted by Crippen LogP contribution is -2.29. The molecule has 17 heavy (non-hydrogen) atoms. The molecule has 1 atom stereocenters. The van der Waals surface area contributed by atoms with Crippen LogP contribution in [-0.2, 0) is 11.2 Å². The summed E-state index contributed by atoms with van der Waals surface area (Å²) in [6.07, 6.45) is 3.34. The maximum absolute atomic E-state index is 11.6. The number of nitrogen functional groups attached to an aromatic ring is 1. The van der Waals surface area contributed by atoms with E-state index in [4.69, 9.17) is 5.73 Å². The minimum absolute atomic E-state index is 0.114. The minimum atomic E-state index is 0.114. The van der Waals surface area contributed by atoms with Gasteiger partial charge in [0.25, 0.3) is 0 Å². The van der Waals surface area contributed by atoms with Crippen molar-refractivity contribution in [3.05, 3.63) is 29.8 Å². The van der Waals surface area contributed by atoms with Crippen molar-refractivity contribution >= 4 is 23.4 Å². The maximum Gasteiger partial charge on any atom is 0.220 e. The third kappa shape index (κ3) is 5.63. The summed E-state index contributed by atoms with van der Waals surface area (Å²) in [7, 11) is 0. The fourth-order valence-corrected chi connectivity index (χ4v) is 1.62. The Kier molecular flexibility index (Phi) is 5.91. The fourth-order valence-electron chi connectivity index (χ4n) is 1.37. The number of amides is 1. The van der Waals surface area contributed by atoms with Crippen LogP contribution in [0.2, 0.25) is 0 Å². The third-order valence-corrected chi connectivity index (χ3v) is 3.58. The van der Waals surface area contributed by atoms with Crippen LogP contribution < -0.4 is 11.1 Å². The van der Waals surface area contributed by atoms with E-state index >= 15 is 0 Å². The Morgan fingerprint density at radius 3 is 2.65 bits per heavy atom. The predicted molar refractivity (Wildman–Crippen MR) is 75.2 cm³/mol. The second-order valence-corrected chi connectivity index (χ2v) is 5.37. The van der Waals surface area contributed by atoms with Crippen molar-refractivity contribution in [2.75, 3.05) is 18.5 Å². The molecule has 94 valence electrons. The van der Waals surface area contributed by atoms with Gasteiger partial charge >= 0.3 is 0 Å². The second-order valence-electron chi connectivity index (χ2n) is 4.09. The summed E-state index contributed by atoms with van der Waals surface area (Å²) in [4.78, 5) is 11.6. The van der Waals surface area contributed by atoms with Crippen LogP contribution in [0.25, 0.3) is 0 Å². The Morgan fingerprint density at radius 2 is 2.06 bits per heavy atom. The first-order valence-corrected chi connectivity index (χ1v) is 7.04. The number of hydrogen-bond acceptors (Lipinski definition) is 3. The van der Waals surface area contributed by atoms with E-state index in [0.29, 0.717) is 11.7 Å². The van der Waals surface area contributed by atoms with Crippen molar-refractivity contribution in [2.45, 2.75) is 25.0 Å². The lowest BCUT2D eigenvalue weighted by Gasteiger charge is -2.09. The molecule has 4 heteroatoms. The first-order valence-electron chi connectivity index (χ1n) is 5.75. The minimum Gasteiger partial charge on any atom is -0.399 e. The molecule has 0 radical (unpaired) electrons. The van der Waals surface area contributed by atoms with Gasteiger partial charge in [-0.05, 0) is 30.4 Å².